The van der Waals surface area contributed by atoms with Crippen LogP contribution >= 0.6 is 0 Å². The lowest BCUT2D eigenvalue weighted by Crippen LogP contribution is -2.07. The van der Waals surface area contributed by atoms with Crippen molar-refractivity contribution in [1.82, 2.24) is 0 Å². The summed E-state index contributed by atoms with van der Waals surface area (Å²) < 4.78 is 0. The molecule has 5 nitrogen and oxygen atoms in total. The first kappa shape index (κ1) is 20.1. The van der Waals surface area contributed by atoms with Gasteiger partial charge in [-0.2, -0.15) is 0 Å². The minimum atomic E-state index is -0.780. The van der Waals surface area contributed by atoms with Gasteiger partial charge < -0.3 is 20.4 Å². The van der Waals surface area contributed by atoms with Gasteiger partial charge in [0.2, 0.25) is 0 Å². The van der Waals surface area contributed by atoms with E-state index in [0.29, 0.717) is 19.3 Å². The monoisotopic (exact) mass is 302 g/mol. The number of unbranched alkanes of at least 4 members (excludes halogenated alkanes) is 5. The van der Waals surface area contributed by atoms with Crippen LogP contribution in [0.1, 0.15) is 64.2 Å². The Morgan fingerprint density at radius 2 is 1.29 bits per heavy atom. The van der Waals surface area contributed by atoms with Crippen LogP contribution in [0.5, 0.6) is 0 Å². The molecule has 0 bridgehead atoms. The number of aliphatic hydroxyl groups is 3. The van der Waals surface area contributed by atoms with E-state index in [0.717, 1.165) is 38.5 Å². The van der Waals surface area contributed by atoms with Crippen LogP contribution in [0.15, 0.2) is 12.2 Å². The van der Waals surface area contributed by atoms with Crippen LogP contribution in [-0.4, -0.2) is 45.2 Å². The quantitative estimate of drug-likeness (QED) is 0.291. The maximum absolute atomic E-state index is 10.3. The maximum atomic E-state index is 10.3. The van der Waals surface area contributed by atoms with Crippen LogP contribution in [0.4, 0.5) is 0 Å². The molecule has 0 aromatic heterocycles. The van der Waals surface area contributed by atoms with Gasteiger partial charge in [-0.05, 0) is 25.7 Å². The summed E-state index contributed by atoms with van der Waals surface area (Å²) in [5.41, 5.74) is 0. The Hall–Kier alpha value is -0.910. The number of carbonyl (C=O) groups is 1. The number of carboxylic acid groups (broad SMARTS) is 1. The van der Waals surface area contributed by atoms with Crippen LogP contribution in [0, 0.1) is 0 Å². The zero-order valence-electron chi connectivity index (χ0n) is 12.8. The Morgan fingerprint density at radius 3 is 1.76 bits per heavy atom. The highest BCUT2D eigenvalue weighted by Crippen LogP contribution is 2.09. The summed E-state index contributed by atoms with van der Waals surface area (Å²) in [6.45, 7) is 0.223. The second-order valence-corrected chi connectivity index (χ2v) is 5.44. The first-order chi connectivity index (χ1) is 10.1. The molecule has 0 fully saturated rings. The summed E-state index contributed by atoms with van der Waals surface area (Å²) in [6, 6.07) is 0. The molecular weight excluding hydrogens is 272 g/mol. The molecule has 0 saturated carbocycles. The zero-order valence-corrected chi connectivity index (χ0v) is 12.8. The van der Waals surface area contributed by atoms with Crippen LogP contribution in [0.3, 0.4) is 0 Å². The van der Waals surface area contributed by atoms with Crippen molar-refractivity contribution in [3.05, 3.63) is 12.2 Å². The Bertz CT molecular complexity index is 278. The lowest BCUT2D eigenvalue weighted by molar-refractivity contribution is -0.137. The van der Waals surface area contributed by atoms with Crippen LogP contribution < -0.4 is 0 Å². The number of hydrogen-bond donors (Lipinski definition) is 4. The predicted octanol–water partition coefficient (Wildman–Crippen LogP) is 2.24. The summed E-state index contributed by atoms with van der Waals surface area (Å²) in [7, 11) is 0. The lowest BCUT2D eigenvalue weighted by Gasteiger charge is -2.08. The van der Waals surface area contributed by atoms with Gasteiger partial charge in [-0.3, -0.25) is 4.79 Å². The lowest BCUT2D eigenvalue weighted by atomic mass is 10.1. The van der Waals surface area contributed by atoms with E-state index in [1.165, 1.54) is 0 Å². The topological polar surface area (TPSA) is 98.0 Å². The van der Waals surface area contributed by atoms with Crippen LogP contribution in [-0.2, 0) is 4.79 Å². The van der Waals surface area contributed by atoms with E-state index >= 15 is 0 Å². The molecule has 0 rings (SSSR count). The van der Waals surface area contributed by atoms with Gasteiger partial charge in [-0.1, -0.05) is 44.3 Å². The highest BCUT2D eigenvalue weighted by Gasteiger charge is 2.03. The third-order valence-corrected chi connectivity index (χ3v) is 3.35. The minimum absolute atomic E-state index is 0.181. The molecule has 0 saturated heterocycles. The third kappa shape index (κ3) is 15.3. The first-order valence-electron chi connectivity index (χ1n) is 7.93. The molecule has 0 radical (unpaired) electrons. The molecule has 0 aliphatic rings. The molecule has 0 aliphatic heterocycles. The number of rotatable bonds is 14. The average molecular weight is 302 g/mol. The van der Waals surface area contributed by atoms with Crippen molar-refractivity contribution in [3.8, 4) is 0 Å². The molecule has 0 heterocycles. The Kier molecular flexibility index (Phi) is 13.4. The zero-order chi connectivity index (χ0) is 15.9. The third-order valence-electron chi connectivity index (χ3n) is 3.35. The summed E-state index contributed by atoms with van der Waals surface area (Å²) in [5, 5.41) is 36.5. The van der Waals surface area contributed by atoms with Gasteiger partial charge >= 0.3 is 5.97 Å². The van der Waals surface area contributed by atoms with Gasteiger partial charge in [0.05, 0.1) is 12.2 Å². The van der Waals surface area contributed by atoms with E-state index in [-0.39, 0.29) is 13.0 Å². The molecule has 21 heavy (non-hydrogen) atoms. The van der Waals surface area contributed by atoms with E-state index in [1.54, 1.807) is 12.2 Å². The molecule has 0 amide bonds. The molecule has 0 aromatic carbocycles. The van der Waals surface area contributed by atoms with Gasteiger partial charge in [0.15, 0.2) is 0 Å². The fourth-order valence-corrected chi connectivity index (χ4v) is 2.07. The Labute approximate surface area is 127 Å². The van der Waals surface area contributed by atoms with Crippen molar-refractivity contribution < 1.29 is 25.2 Å². The molecule has 0 aromatic rings. The van der Waals surface area contributed by atoms with Crippen molar-refractivity contribution in [2.75, 3.05) is 6.61 Å². The van der Waals surface area contributed by atoms with Crippen molar-refractivity contribution >= 4 is 5.97 Å². The van der Waals surface area contributed by atoms with E-state index < -0.39 is 18.2 Å². The fraction of sp³-hybridized carbons (Fsp3) is 0.812. The van der Waals surface area contributed by atoms with E-state index in [9.17, 15) is 15.0 Å². The predicted molar refractivity (Wildman–Crippen MR) is 82.0 cm³/mol. The molecule has 0 aliphatic carbocycles. The number of hydrogen-bond acceptors (Lipinski definition) is 4. The van der Waals surface area contributed by atoms with E-state index in [2.05, 4.69) is 0 Å². The maximum Gasteiger partial charge on any atom is 0.303 e. The largest absolute Gasteiger partial charge is 0.481 e. The van der Waals surface area contributed by atoms with Crippen molar-refractivity contribution in [2.45, 2.75) is 76.4 Å². The van der Waals surface area contributed by atoms with E-state index in [4.69, 9.17) is 10.2 Å². The number of aliphatic hydroxyl groups excluding tert-OH is 3. The highest BCUT2D eigenvalue weighted by atomic mass is 16.4. The highest BCUT2D eigenvalue weighted by molar-refractivity contribution is 5.66. The van der Waals surface area contributed by atoms with E-state index in [1.807, 2.05) is 0 Å². The molecular formula is C16H30O5. The summed E-state index contributed by atoms with van der Waals surface area (Å²) in [6.07, 6.45) is 9.53. The minimum Gasteiger partial charge on any atom is -0.481 e. The van der Waals surface area contributed by atoms with Crippen LogP contribution in [0.25, 0.3) is 0 Å². The number of aliphatic carboxylic acids is 1. The molecule has 5 heteroatoms. The van der Waals surface area contributed by atoms with Crippen molar-refractivity contribution in [2.24, 2.45) is 0 Å². The second-order valence-electron chi connectivity index (χ2n) is 5.44. The Morgan fingerprint density at radius 1 is 0.810 bits per heavy atom. The first-order valence-corrected chi connectivity index (χ1v) is 7.93. The summed E-state index contributed by atoms with van der Waals surface area (Å²) in [4.78, 5) is 10.3. The average Bonchev–Trinajstić information content (AvgIpc) is 2.44. The standard InChI is InChI=1S/C16H30O5/c17-13-7-2-1-4-8-14(18)11-12-15(19)9-5-3-6-10-16(20)21/h11-12,14-15,17-19H,1-10,13H2,(H,20,21)/b12-11+. The van der Waals surface area contributed by atoms with Gasteiger partial charge in [0, 0.05) is 13.0 Å². The molecule has 124 valence electrons. The second kappa shape index (κ2) is 14.0. The fourth-order valence-electron chi connectivity index (χ4n) is 2.07. The van der Waals surface area contributed by atoms with Gasteiger partial charge in [-0.15, -0.1) is 0 Å². The smallest absolute Gasteiger partial charge is 0.303 e. The van der Waals surface area contributed by atoms with Gasteiger partial charge in [0.25, 0.3) is 0 Å². The molecule has 0 spiro atoms. The number of carboxylic acids is 1. The molecule has 2 atom stereocenters. The SMILES string of the molecule is O=C(O)CCCCCC(O)/C=C/C(O)CCCCCCO. The van der Waals surface area contributed by atoms with Crippen molar-refractivity contribution in [3.63, 3.8) is 0 Å². The Balaban J connectivity index is 3.54. The van der Waals surface area contributed by atoms with Gasteiger partial charge in [0.1, 0.15) is 0 Å². The summed E-state index contributed by atoms with van der Waals surface area (Å²) in [5.74, 6) is -0.780. The molecule has 2 unspecified atom stereocenters. The molecule has 4 N–H and O–H groups in total. The normalized spacial score (nSPS) is 14.4. The van der Waals surface area contributed by atoms with Crippen molar-refractivity contribution in [1.29, 1.82) is 0 Å². The van der Waals surface area contributed by atoms with Gasteiger partial charge in [-0.25, -0.2) is 0 Å². The summed E-state index contributed by atoms with van der Waals surface area (Å²) >= 11 is 0. The van der Waals surface area contributed by atoms with Crippen LogP contribution in [0.2, 0.25) is 0 Å².